The zero-order valence-electron chi connectivity index (χ0n) is 18.7. The molecule has 3 aliphatic rings. The van der Waals surface area contributed by atoms with Crippen molar-refractivity contribution in [2.24, 2.45) is 0 Å². The van der Waals surface area contributed by atoms with Gasteiger partial charge in [-0.05, 0) is 61.6 Å². The summed E-state index contributed by atoms with van der Waals surface area (Å²) in [5.74, 6) is -0.554. The molecule has 178 valence electrons. The number of fused-ring (bicyclic) bond motifs is 2. The van der Waals surface area contributed by atoms with Crippen LogP contribution >= 0.6 is 0 Å². The van der Waals surface area contributed by atoms with Gasteiger partial charge >= 0.3 is 12.1 Å². The number of ether oxygens (including phenoxy) is 2. The summed E-state index contributed by atoms with van der Waals surface area (Å²) in [6, 6.07) is 14.8. The van der Waals surface area contributed by atoms with Gasteiger partial charge in [-0.15, -0.1) is 0 Å². The van der Waals surface area contributed by atoms with Crippen LogP contribution in [-0.4, -0.2) is 56.8 Å². The van der Waals surface area contributed by atoms with E-state index in [0.29, 0.717) is 31.4 Å². The average molecular weight is 484 g/mol. The summed E-state index contributed by atoms with van der Waals surface area (Å²) in [5, 5.41) is 0. The molecule has 2 heterocycles. The van der Waals surface area contributed by atoms with E-state index in [-0.39, 0.29) is 23.6 Å². The van der Waals surface area contributed by atoms with E-state index in [1.165, 1.54) is 12.1 Å². The van der Waals surface area contributed by atoms with Gasteiger partial charge < -0.3 is 9.47 Å². The van der Waals surface area contributed by atoms with Crippen LogP contribution in [0.15, 0.2) is 70.6 Å². The van der Waals surface area contributed by atoms with Crippen LogP contribution in [-0.2, 0) is 23.8 Å². The lowest BCUT2D eigenvalue weighted by Gasteiger charge is -2.40. The number of hydrogen-bond acceptors (Lipinski definition) is 7. The minimum atomic E-state index is -4.08. The lowest BCUT2D eigenvalue weighted by atomic mass is 9.80. The van der Waals surface area contributed by atoms with Gasteiger partial charge in [0.15, 0.2) is 6.10 Å². The van der Waals surface area contributed by atoms with Gasteiger partial charge in [-0.1, -0.05) is 35.9 Å². The van der Waals surface area contributed by atoms with Crippen molar-refractivity contribution in [1.82, 2.24) is 4.90 Å². The lowest BCUT2D eigenvalue weighted by molar-refractivity contribution is -0.00386. The van der Waals surface area contributed by atoms with Gasteiger partial charge in [-0.2, -0.15) is 8.42 Å². The van der Waals surface area contributed by atoms with E-state index in [9.17, 15) is 18.0 Å². The second kappa shape index (κ2) is 8.88. The number of carbonyl (C=O) groups is 2. The largest absolute Gasteiger partial charge is 0.451 e. The predicted molar refractivity (Wildman–Crippen MR) is 122 cm³/mol. The molecular formula is C25H25NO7S. The van der Waals surface area contributed by atoms with Crippen LogP contribution in [0.1, 0.15) is 35.2 Å². The highest BCUT2D eigenvalue weighted by Gasteiger charge is 2.46. The van der Waals surface area contributed by atoms with Gasteiger partial charge in [0.2, 0.25) is 0 Å². The molecule has 0 spiro atoms. The Kier molecular flexibility index (Phi) is 5.91. The fourth-order valence-corrected chi connectivity index (χ4v) is 5.96. The topological polar surface area (TPSA) is 99.2 Å². The van der Waals surface area contributed by atoms with Gasteiger partial charge in [-0.25, -0.2) is 9.59 Å². The highest BCUT2D eigenvalue weighted by molar-refractivity contribution is 7.86. The van der Waals surface area contributed by atoms with Crippen molar-refractivity contribution >= 4 is 22.2 Å². The van der Waals surface area contributed by atoms with Crippen LogP contribution in [0.25, 0.3) is 0 Å². The van der Waals surface area contributed by atoms with E-state index in [4.69, 9.17) is 13.7 Å². The Morgan fingerprint density at radius 2 is 1.76 bits per heavy atom. The summed E-state index contributed by atoms with van der Waals surface area (Å²) in [4.78, 5) is 26.7. The predicted octanol–water partition coefficient (Wildman–Crippen LogP) is 3.61. The van der Waals surface area contributed by atoms with Crippen molar-refractivity contribution in [3.05, 3.63) is 76.9 Å². The van der Waals surface area contributed by atoms with Crippen molar-refractivity contribution in [3.8, 4) is 0 Å². The third-order valence-corrected chi connectivity index (χ3v) is 7.94. The van der Waals surface area contributed by atoms with Crippen LogP contribution in [0.4, 0.5) is 4.79 Å². The summed E-state index contributed by atoms with van der Waals surface area (Å²) in [7, 11) is -4.08. The molecule has 0 bridgehead atoms. The van der Waals surface area contributed by atoms with Crippen molar-refractivity contribution in [2.75, 3.05) is 13.2 Å². The SMILES string of the molecule is Cc1ccc(S(=O)(=O)O[C@H]2CCC3=C(CCN4C(=O)OCC34)[C@@H]2OC(=O)c2ccccc2)cc1. The zero-order chi connectivity index (χ0) is 23.9. The van der Waals surface area contributed by atoms with Crippen LogP contribution in [0.3, 0.4) is 0 Å². The molecule has 1 unspecified atom stereocenters. The summed E-state index contributed by atoms with van der Waals surface area (Å²) in [5.41, 5.74) is 3.09. The number of nitrogens with zero attached hydrogens (tertiary/aromatic N) is 1. The Morgan fingerprint density at radius 1 is 1.03 bits per heavy atom. The molecule has 1 aliphatic carbocycles. The number of hydrogen-bond donors (Lipinski definition) is 0. The molecule has 2 aromatic rings. The Hall–Kier alpha value is -3.17. The van der Waals surface area contributed by atoms with Crippen LogP contribution in [0.5, 0.6) is 0 Å². The lowest BCUT2D eigenvalue weighted by Crippen LogP contribution is -2.48. The number of cyclic esters (lactones) is 1. The minimum absolute atomic E-state index is 0.0515. The van der Waals surface area contributed by atoms with Crippen molar-refractivity contribution in [3.63, 3.8) is 0 Å². The van der Waals surface area contributed by atoms with Crippen LogP contribution in [0, 0.1) is 6.92 Å². The number of esters is 1. The molecule has 2 aromatic carbocycles. The Labute approximate surface area is 198 Å². The van der Waals surface area contributed by atoms with E-state index in [2.05, 4.69) is 0 Å². The first-order chi connectivity index (χ1) is 16.3. The maximum Gasteiger partial charge on any atom is 0.410 e. The maximum absolute atomic E-state index is 13.0. The second-order valence-electron chi connectivity index (χ2n) is 8.72. The molecule has 3 atom stereocenters. The molecule has 9 heteroatoms. The fourth-order valence-electron chi connectivity index (χ4n) is 4.85. The summed E-state index contributed by atoms with van der Waals surface area (Å²) >= 11 is 0. The monoisotopic (exact) mass is 483 g/mol. The van der Waals surface area contributed by atoms with Gasteiger partial charge in [0.25, 0.3) is 10.1 Å². The van der Waals surface area contributed by atoms with E-state index >= 15 is 0 Å². The first-order valence-corrected chi connectivity index (χ1v) is 12.7. The summed E-state index contributed by atoms with van der Waals surface area (Å²) < 4.78 is 42.9. The quantitative estimate of drug-likeness (QED) is 0.364. The Balaban J connectivity index is 1.47. The van der Waals surface area contributed by atoms with Gasteiger partial charge in [-0.3, -0.25) is 9.08 Å². The molecule has 5 rings (SSSR count). The number of aryl methyl sites for hydroxylation is 1. The number of rotatable bonds is 5. The highest BCUT2D eigenvalue weighted by Crippen LogP contribution is 2.41. The highest BCUT2D eigenvalue weighted by atomic mass is 32.2. The molecular weight excluding hydrogens is 458 g/mol. The molecule has 1 saturated heterocycles. The Morgan fingerprint density at radius 3 is 2.50 bits per heavy atom. The van der Waals surface area contributed by atoms with E-state index in [1.54, 1.807) is 47.4 Å². The molecule has 8 nitrogen and oxygen atoms in total. The molecule has 0 N–H and O–H groups in total. The summed E-state index contributed by atoms with van der Waals surface area (Å²) in [6.45, 7) is 2.53. The molecule has 34 heavy (non-hydrogen) atoms. The van der Waals surface area contributed by atoms with Crippen molar-refractivity contribution in [2.45, 2.75) is 49.3 Å². The first kappa shape index (κ1) is 22.6. The zero-order valence-corrected chi connectivity index (χ0v) is 19.5. The van der Waals surface area contributed by atoms with E-state index < -0.39 is 28.3 Å². The number of carbonyl (C=O) groups excluding carboxylic acids is 2. The van der Waals surface area contributed by atoms with E-state index in [0.717, 1.165) is 16.7 Å². The van der Waals surface area contributed by atoms with Gasteiger partial charge in [0.1, 0.15) is 12.7 Å². The smallest absolute Gasteiger partial charge is 0.410 e. The Bertz CT molecular complexity index is 1240. The second-order valence-corrected chi connectivity index (χ2v) is 10.3. The van der Waals surface area contributed by atoms with Crippen molar-refractivity contribution in [1.29, 1.82) is 0 Å². The normalized spacial score (nSPS) is 24.3. The molecule has 0 radical (unpaired) electrons. The maximum atomic E-state index is 13.0. The molecule has 1 fully saturated rings. The molecule has 0 saturated carbocycles. The average Bonchev–Trinajstić information content (AvgIpc) is 3.22. The van der Waals surface area contributed by atoms with Crippen LogP contribution < -0.4 is 0 Å². The van der Waals surface area contributed by atoms with E-state index in [1.807, 2.05) is 6.92 Å². The fraction of sp³-hybridized carbons (Fsp3) is 0.360. The molecule has 0 aromatic heterocycles. The number of benzene rings is 2. The third kappa shape index (κ3) is 4.21. The van der Waals surface area contributed by atoms with Gasteiger partial charge in [0, 0.05) is 6.54 Å². The first-order valence-electron chi connectivity index (χ1n) is 11.2. The van der Waals surface area contributed by atoms with Crippen LogP contribution in [0.2, 0.25) is 0 Å². The number of amides is 1. The minimum Gasteiger partial charge on any atom is -0.451 e. The summed E-state index contributed by atoms with van der Waals surface area (Å²) in [6.07, 6.45) is -0.792. The molecule has 2 aliphatic heterocycles. The van der Waals surface area contributed by atoms with Crippen molar-refractivity contribution < 1.29 is 31.7 Å². The standard InChI is InChI=1S/C25H25NO7S/c1-16-7-9-18(10-8-16)34(29,30)33-22-12-11-19-20(13-14-26-21(19)15-31-25(26)28)23(22)32-24(27)17-5-3-2-4-6-17/h2-10,21-23H,11-15H2,1H3/t21?,22-,23-/m0/s1. The third-order valence-electron chi connectivity index (χ3n) is 6.59. The molecule has 1 amide bonds. The van der Waals surface area contributed by atoms with Gasteiger partial charge in [0.05, 0.1) is 16.5 Å².